The number of ether oxygens (including phenoxy) is 1. The molecule has 2 rings (SSSR count). The first-order valence-corrected chi connectivity index (χ1v) is 8.63. The first kappa shape index (κ1) is 18.0. The van der Waals surface area contributed by atoms with Crippen molar-refractivity contribution < 1.29 is 9.53 Å². The number of nitrogens with zero attached hydrogens (tertiary/aromatic N) is 2. The summed E-state index contributed by atoms with van der Waals surface area (Å²) < 4.78 is 5.43. The van der Waals surface area contributed by atoms with Crippen molar-refractivity contribution >= 4 is 5.91 Å². The third-order valence-electron chi connectivity index (χ3n) is 4.75. The van der Waals surface area contributed by atoms with Crippen LogP contribution in [0.25, 0.3) is 0 Å². The van der Waals surface area contributed by atoms with Crippen LogP contribution < -0.4 is 0 Å². The monoisotopic (exact) mass is 318 g/mol. The summed E-state index contributed by atoms with van der Waals surface area (Å²) in [6.07, 6.45) is 2.11. The molecule has 1 heterocycles. The molecule has 1 aliphatic heterocycles. The lowest BCUT2D eigenvalue weighted by molar-refractivity contribution is -0.137. The van der Waals surface area contributed by atoms with E-state index in [4.69, 9.17) is 4.74 Å². The van der Waals surface area contributed by atoms with E-state index in [1.54, 1.807) is 0 Å². The Morgan fingerprint density at radius 3 is 2.48 bits per heavy atom. The number of likely N-dealkylation sites (N-methyl/N-ethyl adjacent to an activating group) is 2. The molecule has 4 heteroatoms. The van der Waals surface area contributed by atoms with Crippen molar-refractivity contribution in [3.63, 3.8) is 0 Å². The molecule has 1 saturated heterocycles. The molecule has 0 radical (unpaired) electrons. The van der Waals surface area contributed by atoms with Crippen LogP contribution >= 0.6 is 0 Å². The van der Waals surface area contributed by atoms with Crippen LogP contribution in [0.15, 0.2) is 24.3 Å². The van der Waals surface area contributed by atoms with Crippen molar-refractivity contribution in [3.8, 4) is 0 Å². The van der Waals surface area contributed by atoms with Gasteiger partial charge in [0, 0.05) is 26.3 Å². The molecule has 0 bridgehead atoms. The summed E-state index contributed by atoms with van der Waals surface area (Å²) >= 11 is 0. The van der Waals surface area contributed by atoms with E-state index in [-0.39, 0.29) is 11.9 Å². The quantitative estimate of drug-likeness (QED) is 0.808. The summed E-state index contributed by atoms with van der Waals surface area (Å²) in [7, 11) is 3.97. The fourth-order valence-corrected chi connectivity index (χ4v) is 3.31. The predicted molar refractivity (Wildman–Crippen MR) is 93.4 cm³/mol. The average molecular weight is 318 g/mol. The minimum Gasteiger partial charge on any atom is -0.381 e. The molecule has 0 aromatic heterocycles. The van der Waals surface area contributed by atoms with E-state index >= 15 is 0 Å². The number of carbonyl (C=O) groups excluding carboxylic acids is 1. The fraction of sp³-hybridized carbons (Fsp3) is 0.632. The van der Waals surface area contributed by atoms with Gasteiger partial charge in [0.2, 0.25) is 5.91 Å². The van der Waals surface area contributed by atoms with Crippen LogP contribution in [0.1, 0.15) is 36.9 Å². The standard InChI is InChI=1S/C19H30N2O2/c1-5-21(14-16-10-12-23-13-11-16)19(22)18(20(3)4)17-9-7-6-8-15(17)2/h6-9,16,18H,5,10-14H2,1-4H3/t18-/m0/s1. The van der Waals surface area contributed by atoms with Gasteiger partial charge in [-0.15, -0.1) is 0 Å². The van der Waals surface area contributed by atoms with Crippen LogP contribution in [0.5, 0.6) is 0 Å². The maximum atomic E-state index is 13.2. The number of hydrogen-bond acceptors (Lipinski definition) is 3. The van der Waals surface area contributed by atoms with Gasteiger partial charge in [0.25, 0.3) is 0 Å². The van der Waals surface area contributed by atoms with E-state index in [1.165, 1.54) is 5.56 Å². The van der Waals surface area contributed by atoms with Gasteiger partial charge in [-0.3, -0.25) is 9.69 Å². The van der Waals surface area contributed by atoms with Crippen LogP contribution in [0.3, 0.4) is 0 Å². The Balaban J connectivity index is 2.16. The summed E-state index contributed by atoms with van der Waals surface area (Å²) in [4.78, 5) is 17.2. The average Bonchev–Trinajstić information content (AvgIpc) is 2.55. The molecule has 0 aliphatic carbocycles. The van der Waals surface area contributed by atoms with Gasteiger partial charge in [-0.25, -0.2) is 0 Å². The summed E-state index contributed by atoms with van der Waals surface area (Å²) in [5, 5.41) is 0. The van der Waals surface area contributed by atoms with Gasteiger partial charge in [-0.05, 0) is 57.8 Å². The molecule has 1 amide bonds. The van der Waals surface area contributed by atoms with Crippen LogP contribution in [-0.4, -0.2) is 56.1 Å². The van der Waals surface area contributed by atoms with E-state index in [2.05, 4.69) is 26.0 Å². The molecule has 1 aromatic rings. The minimum atomic E-state index is -0.212. The van der Waals surface area contributed by atoms with E-state index in [0.29, 0.717) is 5.92 Å². The number of amides is 1. The number of rotatable bonds is 6. The van der Waals surface area contributed by atoms with Gasteiger partial charge >= 0.3 is 0 Å². The summed E-state index contributed by atoms with van der Waals surface area (Å²) in [6, 6.07) is 7.97. The third kappa shape index (κ3) is 4.55. The zero-order valence-electron chi connectivity index (χ0n) is 14.9. The van der Waals surface area contributed by atoms with Crippen LogP contribution in [0.2, 0.25) is 0 Å². The van der Waals surface area contributed by atoms with Gasteiger partial charge < -0.3 is 9.64 Å². The van der Waals surface area contributed by atoms with Crippen molar-refractivity contribution in [1.29, 1.82) is 0 Å². The molecule has 0 saturated carbocycles. The van der Waals surface area contributed by atoms with Crippen molar-refractivity contribution in [2.75, 3.05) is 40.4 Å². The molecule has 0 spiro atoms. The number of benzene rings is 1. The van der Waals surface area contributed by atoms with Crippen LogP contribution in [0, 0.1) is 12.8 Å². The number of carbonyl (C=O) groups is 1. The molecule has 1 fully saturated rings. The zero-order valence-corrected chi connectivity index (χ0v) is 14.9. The van der Waals surface area contributed by atoms with Crippen molar-refractivity contribution in [3.05, 3.63) is 35.4 Å². The first-order valence-electron chi connectivity index (χ1n) is 8.63. The molecule has 0 unspecified atom stereocenters. The second-order valence-corrected chi connectivity index (χ2v) is 6.66. The third-order valence-corrected chi connectivity index (χ3v) is 4.75. The van der Waals surface area contributed by atoms with Gasteiger partial charge in [0.05, 0.1) is 0 Å². The fourth-order valence-electron chi connectivity index (χ4n) is 3.31. The summed E-state index contributed by atoms with van der Waals surface area (Å²) in [5.41, 5.74) is 2.27. The van der Waals surface area contributed by atoms with Gasteiger partial charge in [0.15, 0.2) is 0 Å². The maximum absolute atomic E-state index is 13.2. The summed E-state index contributed by atoms with van der Waals surface area (Å²) in [6.45, 7) is 7.40. The highest BCUT2D eigenvalue weighted by atomic mass is 16.5. The molecule has 4 nitrogen and oxygen atoms in total. The van der Waals surface area contributed by atoms with E-state index in [1.807, 2.05) is 36.0 Å². The van der Waals surface area contributed by atoms with E-state index in [9.17, 15) is 4.79 Å². The van der Waals surface area contributed by atoms with Gasteiger partial charge in [-0.2, -0.15) is 0 Å². The molecule has 23 heavy (non-hydrogen) atoms. The van der Waals surface area contributed by atoms with Crippen molar-refractivity contribution in [1.82, 2.24) is 9.80 Å². The van der Waals surface area contributed by atoms with Crippen LogP contribution in [-0.2, 0) is 9.53 Å². The number of hydrogen-bond donors (Lipinski definition) is 0. The lowest BCUT2D eigenvalue weighted by Gasteiger charge is -2.34. The largest absolute Gasteiger partial charge is 0.381 e. The van der Waals surface area contributed by atoms with Crippen molar-refractivity contribution in [2.24, 2.45) is 5.92 Å². The lowest BCUT2D eigenvalue weighted by Crippen LogP contribution is -2.43. The molecule has 1 atom stereocenters. The molecular weight excluding hydrogens is 288 g/mol. The van der Waals surface area contributed by atoms with E-state index < -0.39 is 0 Å². The number of aryl methyl sites for hydroxylation is 1. The Kier molecular flexibility index (Phi) is 6.60. The van der Waals surface area contributed by atoms with Gasteiger partial charge in [-0.1, -0.05) is 24.3 Å². The molecule has 1 aromatic carbocycles. The van der Waals surface area contributed by atoms with Crippen molar-refractivity contribution in [2.45, 2.75) is 32.7 Å². The Bertz CT molecular complexity index is 510. The molecule has 1 aliphatic rings. The minimum absolute atomic E-state index is 0.207. The smallest absolute Gasteiger partial charge is 0.244 e. The summed E-state index contributed by atoms with van der Waals surface area (Å²) in [5.74, 6) is 0.769. The topological polar surface area (TPSA) is 32.8 Å². The molecule has 0 N–H and O–H groups in total. The van der Waals surface area contributed by atoms with Gasteiger partial charge in [0.1, 0.15) is 6.04 Å². The highest BCUT2D eigenvalue weighted by Crippen LogP contribution is 2.25. The molecular formula is C19H30N2O2. The maximum Gasteiger partial charge on any atom is 0.244 e. The Morgan fingerprint density at radius 2 is 1.91 bits per heavy atom. The predicted octanol–water partition coefficient (Wildman–Crippen LogP) is 2.87. The SMILES string of the molecule is CCN(CC1CCOCC1)C(=O)[C@H](c1ccccc1C)N(C)C. The lowest BCUT2D eigenvalue weighted by atomic mass is 9.96. The highest BCUT2D eigenvalue weighted by Gasteiger charge is 2.29. The normalized spacial score (nSPS) is 17.3. The van der Waals surface area contributed by atoms with Crippen LogP contribution in [0.4, 0.5) is 0 Å². The first-order chi connectivity index (χ1) is 11.0. The van der Waals surface area contributed by atoms with E-state index in [0.717, 1.165) is 44.7 Å². The Labute approximate surface area is 140 Å². The second kappa shape index (κ2) is 8.46. The molecule has 128 valence electrons. The zero-order chi connectivity index (χ0) is 16.8. The second-order valence-electron chi connectivity index (χ2n) is 6.66. The highest BCUT2D eigenvalue weighted by molar-refractivity contribution is 5.83. The Hall–Kier alpha value is -1.39. The Morgan fingerprint density at radius 1 is 1.26 bits per heavy atom.